The Kier molecular flexibility index (Phi) is 4.66. The van der Waals surface area contributed by atoms with Crippen molar-refractivity contribution in [3.05, 3.63) is 38.4 Å². The Bertz CT molecular complexity index is 700. The van der Waals surface area contributed by atoms with Crippen LogP contribution in [0.5, 0.6) is 0 Å². The molecule has 2 aromatic heterocycles. The number of rotatable bonds is 5. The van der Waals surface area contributed by atoms with Crippen LogP contribution in [-0.4, -0.2) is 13.5 Å². The van der Waals surface area contributed by atoms with Gasteiger partial charge in [0.2, 0.25) is 0 Å². The van der Waals surface area contributed by atoms with Crippen LogP contribution >= 0.6 is 22.7 Å². The van der Waals surface area contributed by atoms with Crippen LogP contribution < -0.4 is 4.72 Å². The smallest absolute Gasteiger partial charge is 0.250 e. The summed E-state index contributed by atoms with van der Waals surface area (Å²) in [5.74, 6) is 0. The fourth-order valence-electron chi connectivity index (χ4n) is 1.81. The van der Waals surface area contributed by atoms with Crippen LogP contribution in [0.15, 0.2) is 22.4 Å². The van der Waals surface area contributed by atoms with Gasteiger partial charge in [0, 0.05) is 14.6 Å². The lowest BCUT2D eigenvalue weighted by atomic mass is 10.3. The van der Waals surface area contributed by atoms with Gasteiger partial charge in [-0.25, -0.2) is 13.1 Å². The lowest BCUT2D eigenvalue weighted by Gasteiger charge is -2.11. The molecule has 0 aromatic carbocycles. The first kappa shape index (κ1) is 15.7. The maximum absolute atomic E-state index is 12.3. The van der Waals surface area contributed by atoms with Crippen LogP contribution in [0, 0.1) is 13.8 Å². The quantitative estimate of drug-likeness (QED) is 0.885. The summed E-state index contributed by atoms with van der Waals surface area (Å²) in [5, 5.41) is 9.16. The van der Waals surface area contributed by atoms with E-state index in [0.717, 1.165) is 26.7 Å². The molecule has 0 saturated heterocycles. The molecule has 7 heteroatoms. The number of aryl methyl sites for hydroxylation is 2. The summed E-state index contributed by atoms with van der Waals surface area (Å²) in [6.45, 7) is 5.49. The standard InChI is InChI=1S/C13H17NO3S3/c1-8-6-13(19-12(8)7-15)20(16,17)14-10(3)11-5-4-9(2)18-11/h4-6,10,14-15H,7H2,1-3H3. The molecule has 0 amide bonds. The number of nitrogens with one attached hydrogen (secondary N) is 1. The molecule has 0 spiro atoms. The van der Waals surface area contributed by atoms with E-state index in [4.69, 9.17) is 5.11 Å². The SMILES string of the molecule is Cc1ccc(C(C)NS(=O)(=O)c2cc(C)c(CO)s2)s1. The summed E-state index contributed by atoms with van der Waals surface area (Å²) in [5.41, 5.74) is 0.803. The topological polar surface area (TPSA) is 66.4 Å². The van der Waals surface area contributed by atoms with Crippen LogP contribution in [0.2, 0.25) is 0 Å². The second-order valence-corrected chi connectivity index (χ2v) is 9.02. The number of thiophene rings is 2. The lowest BCUT2D eigenvalue weighted by Crippen LogP contribution is -2.25. The number of aliphatic hydroxyl groups is 1. The molecule has 20 heavy (non-hydrogen) atoms. The molecule has 2 aromatic rings. The van der Waals surface area contributed by atoms with Gasteiger partial charge in [0.1, 0.15) is 4.21 Å². The molecule has 110 valence electrons. The highest BCUT2D eigenvalue weighted by atomic mass is 32.2. The van der Waals surface area contributed by atoms with Crippen molar-refractivity contribution in [1.82, 2.24) is 4.72 Å². The Morgan fingerprint density at radius 1 is 1.30 bits per heavy atom. The summed E-state index contributed by atoms with van der Waals surface area (Å²) in [6, 6.07) is 5.25. The monoisotopic (exact) mass is 331 g/mol. The Balaban J connectivity index is 2.22. The summed E-state index contributed by atoms with van der Waals surface area (Å²) >= 11 is 2.69. The first-order valence-electron chi connectivity index (χ1n) is 6.12. The van der Waals surface area contributed by atoms with Gasteiger partial charge in [-0.1, -0.05) is 0 Å². The molecule has 4 nitrogen and oxygen atoms in total. The zero-order valence-electron chi connectivity index (χ0n) is 11.5. The van der Waals surface area contributed by atoms with E-state index in [1.165, 1.54) is 0 Å². The number of hydrogen-bond acceptors (Lipinski definition) is 5. The van der Waals surface area contributed by atoms with Gasteiger partial charge in [0.25, 0.3) is 10.0 Å². The normalized spacial score (nSPS) is 13.6. The largest absolute Gasteiger partial charge is 0.391 e. The molecule has 0 aliphatic heterocycles. The fraction of sp³-hybridized carbons (Fsp3) is 0.385. The molecule has 0 aliphatic rings. The maximum Gasteiger partial charge on any atom is 0.250 e. The molecular formula is C13H17NO3S3. The van der Waals surface area contributed by atoms with Crippen molar-refractivity contribution < 1.29 is 13.5 Å². The molecular weight excluding hydrogens is 314 g/mol. The highest BCUT2D eigenvalue weighted by molar-refractivity contribution is 7.91. The van der Waals surface area contributed by atoms with Crippen molar-refractivity contribution in [3.63, 3.8) is 0 Å². The molecule has 1 atom stereocenters. The summed E-state index contributed by atoms with van der Waals surface area (Å²) in [4.78, 5) is 2.83. The zero-order chi connectivity index (χ0) is 14.9. The van der Waals surface area contributed by atoms with E-state index in [9.17, 15) is 8.42 Å². The highest BCUT2D eigenvalue weighted by Gasteiger charge is 2.22. The van der Waals surface area contributed by atoms with E-state index in [0.29, 0.717) is 4.88 Å². The minimum Gasteiger partial charge on any atom is -0.391 e. The third-order valence-electron chi connectivity index (χ3n) is 2.93. The van der Waals surface area contributed by atoms with E-state index in [1.54, 1.807) is 24.3 Å². The van der Waals surface area contributed by atoms with Crippen molar-refractivity contribution in [2.24, 2.45) is 0 Å². The zero-order valence-corrected chi connectivity index (χ0v) is 14.0. The number of hydrogen-bond donors (Lipinski definition) is 2. The summed E-state index contributed by atoms with van der Waals surface area (Å²) in [7, 11) is -3.55. The first-order valence-corrected chi connectivity index (χ1v) is 9.24. The number of aliphatic hydroxyl groups excluding tert-OH is 1. The molecule has 0 radical (unpaired) electrons. The van der Waals surface area contributed by atoms with Crippen molar-refractivity contribution >= 4 is 32.7 Å². The number of sulfonamides is 1. The van der Waals surface area contributed by atoms with E-state index in [-0.39, 0.29) is 16.9 Å². The Labute approximate surface area is 127 Å². The highest BCUT2D eigenvalue weighted by Crippen LogP contribution is 2.28. The second-order valence-electron chi connectivity index (χ2n) is 4.62. The Morgan fingerprint density at radius 2 is 2.00 bits per heavy atom. The van der Waals surface area contributed by atoms with Gasteiger partial charge in [-0.2, -0.15) is 0 Å². The predicted molar refractivity (Wildman–Crippen MR) is 82.8 cm³/mol. The minimum atomic E-state index is -3.55. The van der Waals surface area contributed by atoms with E-state index in [2.05, 4.69) is 4.72 Å². The third-order valence-corrected chi connectivity index (χ3v) is 7.35. The molecule has 0 saturated carbocycles. The fourth-order valence-corrected chi connectivity index (χ4v) is 5.46. The summed E-state index contributed by atoms with van der Waals surface area (Å²) in [6.07, 6.45) is 0. The summed E-state index contributed by atoms with van der Waals surface area (Å²) < 4.78 is 27.6. The molecule has 1 unspecified atom stereocenters. The van der Waals surface area contributed by atoms with E-state index in [1.807, 2.05) is 26.0 Å². The van der Waals surface area contributed by atoms with Gasteiger partial charge < -0.3 is 5.11 Å². The molecule has 0 fully saturated rings. The maximum atomic E-state index is 12.3. The van der Waals surface area contributed by atoms with Gasteiger partial charge >= 0.3 is 0 Å². The van der Waals surface area contributed by atoms with Crippen LogP contribution in [0.3, 0.4) is 0 Å². The molecule has 2 rings (SSSR count). The average Bonchev–Trinajstić information content (AvgIpc) is 2.95. The van der Waals surface area contributed by atoms with Gasteiger partial charge in [-0.15, -0.1) is 22.7 Å². The average molecular weight is 331 g/mol. The Hall–Kier alpha value is -0.730. The second kappa shape index (κ2) is 5.95. The molecule has 0 aliphatic carbocycles. The van der Waals surface area contributed by atoms with Gasteiger partial charge in [0.05, 0.1) is 12.6 Å². The van der Waals surface area contributed by atoms with Crippen LogP contribution in [0.25, 0.3) is 0 Å². The lowest BCUT2D eigenvalue weighted by molar-refractivity contribution is 0.285. The van der Waals surface area contributed by atoms with Crippen molar-refractivity contribution in [2.75, 3.05) is 0 Å². The van der Waals surface area contributed by atoms with Crippen LogP contribution in [0.4, 0.5) is 0 Å². The predicted octanol–water partition coefficient (Wildman–Crippen LogP) is 2.96. The van der Waals surface area contributed by atoms with Gasteiger partial charge in [-0.05, 0) is 44.5 Å². The minimum absolute atomic E-state index is 0.133. The van der Waals surface area contributed by atoms with Crippen LogP contribution in [-0.2, 0) is 16.6 Å². The molecule has 2 N–H and O–H groups in total. The van der Waals surface area contributed by atoms with E-state index >= 15 is 0 Å². The van der Waals surface area contributed by atoms with Crippen molar-refractivity contribution in [1.29, 1.82) is 0 Å². The van der Waals surface area contributed by atoms with E-state index < -0.39 is 10.0 Å². The molecule has 2 heterocycles. The third kappa shape index (κ3) is 3.29. The van der Waals surface area contributed by atoms with Gasteiger partial charge in [-0.3, -0.25) is 0 Å². The van der Waals surface area contributed by atoms with Crippen molar-refractivity contribution in [2.45, 2.75) is 37.6 Å². The molecule has 0 bridgehead atoms. The van der Waals surface area contributed by atoms with Crippen molar-refractivity contribution in [3.8, 4) is 0 Å². The van der Waals surface area contributed by atoms with Crippen LogP contribution in [0.1, 0.15) is 33.2 Å². The van der Waals surface area contributed by atoms with Gasteiger partial charge in [0.15, 0.2) is 0 Å². The first-order chi connectivity index (χ1) is 9.33. The Morgan fingerprint density at radius 3 is 2.50 bits per heavy atom.